The van der Waals surface area contributed by atoms with Gasteiger partial charge >= 0.3 is 0 Å². The fourth-order valence-corrected chi connectivity index (χ4v) is 3.78. The van der Waals surface area contributed by atoms with Gasteiger partial charge in [-0.25, -0.2) is 0 Å². The van der Waals surface area contributed by atoms with Crippen LogP contribution in [0.5, 0.6) is 5.75 Å². The molecule has 2 unspecified atom stereocenters. The maximum atomic E-state index is 6.14. The van der Waals surface area contributed by atoms with Crippen LogP contribution in [0.15, 0.2) is 18.2 Å². The number of nitrogens with zero attached hydrogens (tertiary/aromatic N) is 2. The molecule has 0 bridgehead atoms. The van der Waals surface area contributed by atoms with Crippen LogP contribution >= 0.6 is 11.6 Å². The van der Waals surface area contributed by atoms with Crippen LogP contribution in [0, 0.1) is 0 Å². The number of hydrogen-bond donors (Lipinski definition) is 0. The van der Waals surface area contributed by atoms with Crippen molar-refractivity contribution in [2.75, 3.05) is 31.6 Å². The molecule has 110 valence electrons. The Labute approximate surface area is 126 Å². The SMILES string of the molecule is CCC1CN2CCCC2CN1c1ccc(Cl)c(OC)c1. The smallest absolute Gasteiger partial charge is 0.139 e. The zero-order chi connectivity index (χ0) is 14.1. The Balaban J connectivity index is 1.86. The number of halogens is 1. The van der Waals surface area contributed by atoms with Gasteiger partial charge in [-0.3, -0.25) is 4.90 Å². The van der Waals surface area contributed by atoms with Crippen molar-refractivity contribution in [3.8, 4) is 5.75 Å². The van der Waals surface area contributed by atoms with Crippen molar-refractivity contribution in [2.24, 2.45) is 0 Å². The van der Waals surface area contributed by atoms with Gasteiger partial charge in [0.2, 0.25) is 0 Å². The first kappa shape index (κ1) is 14.0. The molecule has 0 saturated carbocycles. The Morgan fingerprint density at radius 2 is 2.20 bits per heavy atom. The van der Waals surface area contributed by atoms with E-state index in [-0.39, 0.29) is 0 Å². The third-order valence-electron chi connectivity index (χ3n) is 4.73. The largest absolute Gasteiger partial charge is 0.495 e. The molecule has 0 aliphatic carbocycles. The molecule has 20 heavy (non-hydrogen) atoms. The highest BCUT2D eigenvalue weighted by Crippen LogP contribution is 2.34. The Morgan fingerprint density at radius 1 is 1.35 bits per heavy atom. The molecule has 0 aromatic heterocycles. The summed E-state index contributed by atoms with van der Waals surface area (Å²) in [6, 6.07) is 7.46. The lowest BCUT2D eigenvalue weighted by atomic mass is 10.0. The van der Waals surface area contributed by atoms with E-state index in [0.29, 0.717) is 11.1 Å². The van der Waals surface area contributed by atoms with Crippen molar-refractivity contribution in [1.29, 1.82) is 0 Å². The standard InChI is InChI=1S/C16H23ClN2O/c1-3-12-10-18-8-4-5-14(18)11-19(12)13-6-7-15(17)16(9-13)20-2/h6-7,9,12,14H,3-5,8,10-11H2,1-2H3. The lowest BCUT2D eigenvalue weighted by Gasteiger charge is -2.45. The van der Waals surface area contributed by atoms with Crippen molar-refractivity contribution >= 4 is 17.3 Å². The summed E-state index contributed by atoms with van der Waals surface area (Å²) in [4.78, 5) is 5.21. The second kappa shape index (κ2) is 5.82. The number of methoxy groups -OCH3 is 1. The van der Waals surface area contributed by atoms with Crippen LogP contribution in [0.4, 0.5) is 5.69 Å². The van der Waals surface area contributed by atoms with Crippen LogP contribution in [0.1, 0.15) is 26.2 Å². The lowest BCUT2D eigenvalue weighted by molar-refractivity contribution is 0.194. The molecule has 2 aliphatic rings. The summed E-state index contributed by atoms with van der Waals surface area (Å²) in [6.45, 7) is 5.87. The molecule has 2 fully saturated rings. The number of fused-ring (bicyclic) bond motifs is 1. The number of rotatable bonds is 3. The maximum absolute atomic E-state index is 6.14. The van der Waals surface area contributed by atoms with Crippen LogP contribution in [-0.2, 0) is 0 Å². The van der Waals surface area contributed by atoms with E-state index in [2.05, 4.69) is 28.9 Å². The van der Waals surface area contributed by atoms with E-state index in [1.54, 1.807) is 7.11 Å². The van der Waals surface area contributed by atoms with E-state index in [1.165, 1.54) is 38.0 Å². The number of ether oxygens (including phenoxy) is 1. The summed E-state index contributed by atoms with van der Waals surface area (Å²) >= 11 is 6.14. The predicted molar refractivity (Wildman–Crippen MR) is 84.0 cm³/mol. The number of anilines is 1. The summed E-state index contributed by atoms with van der Waals surface area (Å²) in [5.41, 5.74) is 1.24. The van der Waals surface area contributed by atoms with Crippen LogP contribution in [0.2, 0.25) is 5.02 Å². The van der Waals surface area contributed by atoms with Crippen molar-refractivity contribution in [3.05, 3.63) is 23.2 Å². The van der Waals surface area contributed by atoms with Gasteiger partial charge < -0.3 is 9.64 Å². The van der Waals surface area contributed by atoms with E-state index < -0.39 is 0 Å². The molecule has 1 aromatic carbocycles. The molecule has 0 amide bonds. The Morgan fingerprint density at radius 3 is 2.95 bits per heavy atom. The molecule has 0 radical (unpaired) electrons. The van der Waals surface area contributed by atoms with E-state index in [1.807, 2.05) is 6.07 Å². The molecule has 3 nitrogen and oxygen atoms in total. The first-order valence-corrected chi connectivity index (χ1v) is 7.95. The molecule has 4 heteroatoms. The van der Waals surface area contributed by atoms with E-state index >= 15 is 0 Å². The average molecular weight is 295 g/mol. The summed E-state index contributed by atoms with van der Waals surface area (Å²) in [6.07, 6.45) is 3.85. The van der Waals surface area contributed by atoms with Crippen LogP contribution in [-0.4, -0.2) is 43.7 Å². The third kappa shape index (κ3) is 2.49. The molecule has 0 spiro atoms. The second-order valence-corrected chi connectivity index (χ2v) is 6.23. The molecular formula is C16H23ClN2O. The molecular weight excluding hydrogens is 272 g/mol. The van der Waals surface area contributed by atoms with Crippen molar-refractivity contribution < 1.29 is 4.74 Å². The molecule has 2 saturated heterocycles. The van der Waals surface area contributed by atoms with Gasteiger partial charge in [-0.05, 0) is 37.9 Å². The summed E-state index contributed by atoms with van der Waals surface area (Å²) in [5, 5.41) is 0.684. The van der Waals surface area contributed by atoms with Gasteiger partial charge in [0.15, 0.2) is 0 Å². The predicted octanol–water partition coefficient (Wildman–Crippen LogP) is 3.41. The quantitative estimate of drug-likeness (QED) is 0.850. The fraction of sp³-hybridized carbons (Fsp3) is 0.625. The van der Waals surface area contributed by atoms with Crippen LogP contribution < -0.4 is 9.64 Å². The Hall–Kier alpha value is -0.930. The summed E-state index contributed by atoms with van der Waals surface area (Å²) < 4.78 is 5.36. The van der Waals surface area contributed by atoms with Gasteiger partial charge in [0.05, 0.1) is 12.1 Å². The highest BCUT2D eigenvalue weighted by Gasteiger charge is 2.35. The summed E-state index contributed by atoms with van der Waals surface area (Å²) in [5.74, 6) is 0.771. The van der Waals surface area contributed by atoms with E-state index in [9.17, 15) is 0 Å². The lowest BCUT2D eigenvalue weighted by Crippen LogP contribution is -2.56. The average Bonchev–Trinajstić information content (AvgIpc) is 2.93. The molecule has 0 N–H and O–H groups in total. The van der Waals surface area contributed by atoms with Gasteiger partial charge in [0.1, 0.15) is 5.75 Å². The summed E-state index contributed by atoms with van der Waals surface area (Å²) in [7, 11) is 1.68. The number of hydrogen-bond acceptors (Lipinski definition) is 3. The number of piperazine rings is 1. The zero-order valence-corrected chi connectivity index (χ0v) is 13.1. The van der Waals surface area contributed by atoms with Gasteiger partial charge in [-0.1, -0.05) is 18.5 Å². The van der Waals surface area contributed by atoms with Crippen LogP contribution in [0.3, 0.4) is 0 Å². The minimum Gasteiger partial charge on any atom is -0.495 e. The highest BCUT2D eigenvalue weighted by atomic mass is 35.5. The zero-order valence-electron chi connectivity index (χ0n) is 12.3. The van der Waals surface area contributed by atoms with Crippen molar-refractivity contribution in [1.82, 2.24) is 4.90 Å². The molecule has 1 aromatic rings. The maximum Gasteiger partial charge on any atom is 0.139 e. The minimum absolute atomic E-state index is 0.593. The Kier molecular flexibility index (Phi) is 4.08. The topological polar surface area (TPSA) is 15.7 Å². The first-order valence-electron chi connectivity index (χ1n) is 7.57. The van der Waals surface area contributed by atoms with Gasteiger partial charge in [-0.15, -0.1) is 0 Å². The minimum atomic E-state index is 0.593. The van der Waals surface area contributed by atoms with Crippen molar-refractivity contribution in [3.63, 3.8) is 0 Å². The van der Waals surface area contributed by atoms with E-state index in [0.717, 1.165) is 18.3 Å². The fourth-order valence-electron chi connectivity index (χ4n) is 3.58. The normalized spacial score (nSPS) is 26.6. The second-order valence-electron chi connectivity index (χ2n) is 5.82. The monoisotopic (exact) mass is 294 g/mol. The Bertz CT molecular complexity index is 480. The van der Waals surface area contributed by atoms with Crippen molar-refractivity contribution in [2.45, 2.75) is 38.3 Å². The molecule has 2 heterocycles. The molecule has 2 aliphatic heterocycles. The number of benzene rings is 1. The van der Waals surface area contributed by atoms with Gasteiger partial charge in [0, 0.05) is 36.9 Å². The molecule has 3 rings (SSSR count). The first-order chi connectivity index (χ1) is 9.72. The molecule has 2 atom stereocenters. The third-order valence-corrected chi connectivity index (χ3v) is 5.04. The van der Waals surface area contributed by atoms with Gasteiger partial charge in [-0.2, -0.15) is 0 Å². The van der Waals surface area contributed by atoms with Gasteiger partial charge in [0.25, 0.3) is 0 Å². The highest BCUT2D eigenvalue weighted by molar-refractivity contribution is 6.32. The van der Waals surface area contributed by atoms with Crippen LogP contribution in [0.25, 0.3) is 0 Å². The van der Waals surface area contributed by atoms with E-state index in [4.69, 9.17) is 16.3 Å².